The van der Waals surface area contributed by atoms with Crippen LogP contribution in [0, 0.1) is 6.92 Å². The van der Waals surface area contributed by atoms with Gasteiger partial charge in [-0.15, -0.1) is 0 Å². The number of hydrogen-bond acceptors (Lipinski definition) is 11. The van der Waals surface area contributed by atoms with Crippen molar-refractivity contribution in [3.05, 3.63) is 101 Å². The largest absolute Gasteiger partial charge is 0.369 e. The Bertz CT molecular complexity index is 2460. The molecule has 0 saturated carbocycles. The zero-order valence-electron chi connectivity index (χ0n) is 33.4. The van der Waals surface area contributed by atoms with Crippen LogP contribution in [0.1, 0.15) is 73.4 Å². The molecule has 4 amide bonds. The fourth-order valence-corrected chi connectivity index (χ4v) is 7.44. The number of aromatic amines is 1. The first kappa shape index (κ1) is 38.4. The minimum atomic E-state index is -0.421. The van der Waals surface area contributed by atoms with E-state index in [0.717, 1.165) is 83.6 Å². The highest BCUT2D eigenvalue weighted by atomic mass is 16.5. The molecular formula is C43H47N11O4. The lowest BCUT2D eigenvalue weighted by Gasteiger charge is -2.36. The molecule has 0 radical (unpaired) electrons. The predicted molar refractivity (Wildman–Crippen MR) is 220 cm³/mol. The summed E-state index contributed by atoms with van der Waals surface area (Å²) in [5.41, 5.74) is 8.53. The molecule has 0 spiro atoms. The zero-order chi connectivity index (χ0) is 40.6. The highest BCUT2D eigenvalue weighted by Crippen LogP contribution is 2.32. The topological polar surface area (TPSA) is 178 Å². The van der Waals surface area contributed by atoms with E-state index in [0.29, 0.717) is 23.9 Å². The van der Waals surface area contributed by atoms with Crippen molar-refractivity contribution in [1.82, 2.24) is 45.8 Å². The summed E-state index contributed by atoms with van der Waals surface area (Å²) in [6.45, 7) is 14.9. The third kappa shape index (κ3) is 8.16. The van der Waals surface area contributed by atoms with Gasteiger partial charge in [0.25, 0.3) is 11.7 Å². The van der Waals surface area contributed by atoms with Crippen LogP contribution >= 0.6 is 0 Å². The average molecular weight is 782 g/mol. The number of nitrogens with zero attached hydrogens (tertiary/aromatic N) is 8. The van der Waals surface area contributed by atoms with Crippen molar-refractivity contribution in [3.8, 4) is 22.4 Å². The maximum atomic E-state index is 12.9. The maximum absolute atomic E-state index is 12.9. The van der Waals surface area contributed by atoms with Gasteiger partial charge in [0.2, 0.25) is 11.8 Å². The van der Waals surface area contributed by atoms with E-state index in [9.17, 15) is 14.4 Å². The van der Waals surface area contributed by atoms with Crippen LogP contribution in [-0.4, -0.2) is 92.3 Å². The number of imide groups is 1. The Balaban J connectivity index is 0.865. The summed E-state index contributed by atoms with van der Waals surface area (Å²) in [5.74, 6) is 0.352. The van der Waals surface area contributed by atoms with Crippen LogP contribution in [0.15, 0.2) is 77.6 Å². The van der Waals surface area contributed by atoms with E-state index in [1.807, 2.05) is 71.3 Å². The van der Waals surface area contributed by atoms with Crippen molar-refractivity contribution < 1.29 is 18.9 Å². The molecule has 6 heterocycles. The van der Waals surface area contributed by atoms with Crippen LogP contribution in [0.4, 0.5) is 16.3 Å². The molecule has 4 aromatic heterocycles. The van der Waals surface area contributed by atoms with Crippen molar-refractivity contribution in [2.24, 2.45) is 0 Å². The Kier molecular flexibility index (Phi) is 10.5. The summed E-state index contributed by atoms with van der Waals surface area (Å²) in [4.78, 5) is 56.4. The first-order valence-corrected chi connectivity index (χ1v) is 19.6. The number of urea groups is 1. The molecule has 8 rings (SSSR count). The first-order chi connectivity index (χ1) is 27.9. The smallest absolute Gasteiger partial charge is 0.329 e. The number of H-pyrrole nitrogens is 1. The van der Waals surface area contributed by atoms with Gasteiger partial charge in [0.1, 0.15) is 5.82 Å². The molecule has 1 atom stereocenters. The predicted octanol–water partition coefficient (Wildman–Crippen LogP) is 5.98. The maximum Gasteiger partial charge on any atom is 0.329 e. The number of hydrogen-bond donors (Lipinski definition) is 3. The van der Waals surface area contributed by atoms with Crippen molar-refractivity contribution in [3.63, 3.8) is 0 Å². The van der Waals surface area contributed by atoms with E-state index >= 15 is 0 Å². The second-order valence-corrected chi connectivity index (χ2v) is 16.0. The summed E-state index contributed by atoms with van der Waals surface area (Å²) in [6, 6.07) is 20.1. The summed E-state index contributed by atoms with van der Waals surface area (Å²) < 4.78 is 5.30. The van der Waals surface area contributed by atoms with Gasteiger partial charge in [-0.25, -0.2) is 14.8 Å². The Labute approximate surface area is 336 Å². The van der Waals surface area contributed by atoms with Crippen LogP contribution in [-0.2, 0) is 16.6 Å². The molecule has 15 heteroatoms. The number of carbonyl (C=O) groups is 3. The number of aryl methyl sites for hydroxylation is 1. The van der Waals surface area contributed by atoms with Gasteiger partial charge in [-0.05, 0) is 72.9 Å². The molecule has 15 nitrogen and oxygen atoms in total. The molecule has 2 aliphatic heterocycles. The number of amides is 4. The number of pyridine rings is 2. The van der Waals surface area contributed by atoms with E-state index in [4.69, 9.17) is 4.52 Å². The number of fused-ring (bicyclic) bond motifs is 1. The number of aromatic nitrogens is 6. The lowest BCUT2D eigenvalue weighted by molar-refractivity contribution is -0.120. The van der Waals surface area contributed by atoms with Gasteiger partial charge in [-0.3, -0.25) is 29.8 Å². The van der Waals surface area contributed by atoms with Gasteiger partial charge < -0.3 is 14.7 Å². The van der Waals surface area contributed by atoms with Crippen LogP contribution in [0.3, 0.4) is 0 Å². The molecule has 0 bridgehead atoms. The van der Waals surface area contributed by atoms with Gasteiger partial charge in [0.05, 0.1) is 11.7 Å². The first-order valence-electron chi connectivity index (χ1n) is 19.6. The standard InChI is InChI=1S/C43H47N11O4/c1-26-22-30(9-12-33(26)27(2)46-40(56)39-48-41(58-51-39)43(3,4)5)37-34-23-31(25-45-38(34)50-49-37)29-7-10-32(11-8-29)53-20-18-52(19-21-53)16-14-28-6-13-35(44-24-28)54-17-15-36(55)47-42(54)57/h6-13,22-25,27H,14-21H2,1-5H3,(H,46,56)(H,45,49,50)(H,47,55,57)/t27-/m1/s1. The molecule has 6 aromatic rings. The number of carbonyl (C=O) groups excluding carboxylic acids is 3. The summed E-state index contributed by atoms with van der Waals surface area (Å²) >= 11 is 0. The van der Waals surface area contributed by atoms with Crippen LogP contribution in [0.2, 0.25) is 0 Å². The van der Waals surface area contributed by atoms with E-state index in [1.54, 1.807) is 0 Å². The zero-order valence-corrected chi connectivity index (χ0v) is 33.4. The minimum absolute atomic E-state index is 0.0192. The van der Waals surface area contributed by atoms with Crippen LogP contribution in [0.5, 0.6) is 0 Å². The fourth-order valence-electron chi connectivity index (χ4n) is 7.44. The third-order valence-corrected chi connectivity index (χ3v) is 10.8. The van der Waals surface area contributed by atoms with Crippen molar-refractivity contribution in [1.29, 1.82) is 0 Å². The highest BCUT2D eigenvalue weighted by molar-refractivity contribution is 6.05. The van der Waals surface area contributed by atoms with E-state index in [2.05, 4.69) is 87.1 Å². The number of piperazine rings is 1. The fraction of sp³-hybridized carbons (Fsp3) is 0.349. The quantitative estimate of drug-likeness (QED) is 0.149. The van der Waals surface area contributed by atoms with Gasteiger partial charge in [0, 0.05) is 85.7 Å². The second kappa shape index (κ2) is 15.8. The molecular weight excluding hydrogens is 735 g/mol. The number of nitrogens with one attached hydrogen (secondary N) is 3. The molecule has 2 aromatic carbocycles. The van der Waals surface area contributed by atoms with E-state index in [-0.39, 0.29) is 35.5 Å². The van der Waals surface area contributed by atoms with Crippen molar-refractivity contribution >= 4 is 40.4 Å². The van der Waals surface area contributed by atoms with Gasteiger partial charge in [-0.1, -0.05) is 56.3 Å². The third-order valence-electron chi connectivity index (χ3n) is 10.8. The molecule has 2 aliphatic rings. The average Bonchev–Trinajstić information content (AvgIpc) is 3.89. The Hall–Kier alpha value is -6.48. The van der Waals surface area contributed by atoms with Crippen molar-refractivity contribution in [2.45, 2.75) is 58.9 Å². The molecule has 0 aliphatic carbocycles. The van der Waals surface area contributed by atoms with Crippen LogP contribution in [0.25, 0.3) is 33.4 Å². The van der Waals surface area contributed by atoms with E-state index in [1.165, 1.54) is 10.6 Å². The highest BCUT2D eigenvalue weighted by Gasteiger charge is 2.27. The molecule has 0 unspecified atom stereocenters. The van der Waals surface area contributed by atoms with Crippen molar-refractivity contribution in [2.75, 3.05) is 49.1 Å². The van der Waals surface area contributed by atoms with Gasteiger partial charge in [-0.2, -0.15) is 10.1 Å². The molecule has 298 valence electrons. The molecule has 58 heavy (non-hydrogen) atoms. The molecule has 3 N–H and O–H groups in total. The minimum Gasteiger partial charge on any atom is -0.369 e. The number of benzene rings is 2. The van der Waals surface area contributed by atoms with E-state index < -0.39 is 6.03 Å². The Morgan fingerprint density at radius 2 is 1.69 bits per heavy atom. The lowest BCUT2D eigenvalue weighted by atomic mass is 9.97. The summed E-state index contributed by atoms with van der Waals surface area (Å²) in [7, 11) is 0. The molecule has 2 saturated heterocycles. The Morgan fingerprint density at radius 1 is 0.914 bits per heavy atom. The Morgan fingerprint density at radius 3 is 2.38 bits per heavy atom. The van der Waals surface area contributed by atoms with Crippen LogP contribution < -0.4 is 20.4 Å². The SMILES string of the molecule is Cc1cc(-c2[nH]nc3ncc(-c4ccc(N5CCN(CCc6ccc(N7CCC(=O)NC7=O)nc6)CC5)cc4)cc23)ccc1[C@@H](C)NC(=O)c1noc(C(C)(C)C)n1. The van der Waals surface area contributed by atoms with Gasteiger partial charge in [0.15, 0.2) is 5.65 Å². The number of rotatable bonds is 10. The number of anilines is 2. The van der Waals surface area contributed by atoms with Gasteiger partial charge >= 0.3 is 6.03 Å². The normalized spacial score (nSPS) is 15.8. The summed E-state index contributed by atoms with van der Waals surface area (Å²) in [6.07, 6.45) is 4.84. The lowest BCUT2D eigenvalue weighted by Crippen LogP contribution is -2.49. The monoisotopic (exact) mass is 781 g/mol. The second-order valence-electron chi connectivity index (χ2n) is 16.0. The molecule has 2 fully saturated rings. The summed E-state index contributed by atoms with van der Waals surface area (Å²) in [5, 5.41) is 17.8.